The molecule has 0 fully saturated rings. The van der Waals surface area contributed by atoms with E-state index in [1.54, 1.807) is 19.2 Å². The molecule has 3 N–H and O–H groups in total. The van der Waals surface area contributed by atoms with Crippen LogP contribution in [-0.2, 0) is 4.74 Å². The Labute approximate surface area is 116 Å². The van der Waals surface area contributed by atoms with Crippen LogP contribution in [0, 0.1) is 5.92 Å². The molecule has 0 aliphatic rings. The fourth-order valence-electron chi connectivity index (χ4n) is 1.94. The lowest BCUT2D eigenvalue weighted by molar-refractivity contribution is -0.274. The van der Waals surface area contributed by atoms with Gasteiger partial charge < -0.3 is 9.47 Å². The zero-order valence-corrected chi connectivity index (χ0v) is 11.4. The molecule has 1 rings (SSSR count). The number of methoxy groups -OCH3 is 1. The minimum absolute atomic E-state index is 0.162. The van der Waals surface area contributed by atoms with Crippen LogP contribution < -0.4 is 16.0 Å². The van der Waals surface area contributed by atoms with E-state index in [1.165, 1.54) is 12.1 Å². The third kappa shape index (κ3) is 5.36. The first-order chi connectivity index (χ1) is 9.37. The van der Waals surface area contributed by atoms with Gasteiger partial charge in [0.05, 0.1) is 0 Å². The minimum Gasteiger partial charge on any atom is -0.406 e. The van der Waals surface area contributed by atoms with Crippen LogP contribution in [-0.4, -0.2) is 20.1 Å². The van der Waals surface area contributed by atoms with Crippen molar-refractivity contribution >= 4 is 0 Å². The SMILES string of the molecule is COCCC(C)C(NN)c1ccc(OC(F)(F)F)cc1. The molecule has 2 unspecified atom stereocenters. The molecule has 1 aromatic carbocycles. The van der Waals surface area contributed by atoms with Crippen molar-refractivity contribution in [1.29, 1.82) is 0 Å². The predicted octanol–water partition coefficient (Wildman–Crippen LogP) is 2.76. The van der Waals surface area contributed by atoms with Gasteiger partial charge in [0.15, 0.2) is 0 Å². The van der Waals surface area contributed by atoms with E-state index in [0.717, 1.165) is 12.0 Å². The van der Waals surface area contributed by atoms with E-state index >= 15 is 0 Å². The molecule has 0 heterocycles. The molecule has 0 saturated carbocycles. The lowest BCUT2D eigenvalue weighted by atomic mass is 9.92. The van der Waals surface area contributed by atoms with Crippen LogP contribution in [0.4, 0.5) is 13.2 Å². The molecule has 1 aromatic rings. The second-order valence-corrected chi connectivity index (χ2v) is 4.52. The van der Waals surface area contributed by atoms with E-state index < -0.39 is 6.36 Å². The van der Waals surface area contributed by atoms with Gasteiger partial charge >= 0.3 is 6.36 Å². The Balaban J connectivity index is 2.74. The molecule has 0 aromatic heterocycles. The number of alkyl halides is 3. The molecule has 114 valence electrons. The van der Waals surface area contributed by atoms with Crippen LogP contribution in [0.5, 0.6) is 5.75 Å². The standard InChI is InChI=1S/C13H19F3N2O2/c1-9(7-8-19-2)12(18-17)10-3-5-11(6-4-10)20-13(14,15)16/h3-6,9,12,18H,7-8,17H2,1-2H3. The highest BCUT2D eigenvalue weighted by Crippen LogP contribution is 2.27. The van der Waals surface area contributed by atoms with Crippen molar-refractivity contribution in [2.24, 2.45) is 11.8 Å². The molecule has 0 saturated heterocycles. The van der Waals surface area contributed by atoms with Gasteiger partial charge in [0, 0.05) is 19.8 Å². The summed E-state index contributed by atoms with van der Waals surface area (Å²) in [5, 5.41) is 0. The van der Waals surface area contributed by atoms with E-state index in [9.17, 15) is 13.2 Å². The molecule has 0 aliphatic carbocycles. The monoisotopic (exact) mass is 292 g/mol. The fourth-order valence-corrected chi connectivity index (χ4v) is 1.94. The van der Waals surface area contributed by atoms with Crippen molar-refractivity contribution in [3.63, 3.8) is 0 Å². The van der Waals surface area contributed by atoms with Gasteiger partial charge in [-0.3, -0.25) is 11.3 Å². The van der Waals surface area contributed by atoms with Crippen LogP contribution in [0.1, 0.15) is 24.9 Å². The summed E-state index contributed by atoms with van der Waals surface area (Å²) in [4.78, 5) is 0. The zero-order valence-electron chi connectivity index (χ0n) is 11.4. The number of nitrogens with two attached hydrogens (primary N) is 1. The van der Waals surface area contributed by atoms with Crippen molar-refractivity contribution in [3.8, 4) is 5.75 Å². The van der Waals surface area contributed by atoms with Crippen molar-refractivity contribution < 1.29 is 22.6 Å². The Hall–Kier alpha value is -1.31. The number of hydrazine groups is 1. The summed E-state index contributed by atoms with van der Waals surface area (Å²) in [6, 6.07) is 5.51. The highest BCUT2D eigenvalue weighted by molar-refractivity contribution is 5.29. The van der Waals surface area contributed by atoms with Crippen molar-refractivity contribution in [3.05, 3.63) is 29.8 Å². The number of hydrogen-bond acceptors (Lipinski definition) is 4. The van der Waals surface area contributed by atoms with Gasteiger partial charge in [-0.15, -0.1) is 13.2 Å². The van der Waals surface area contributed by atoms with Crippen molar-refractivity contribution in [2.45, 2.75) is 25.7 Å². The molecule has 0 spiro atoms. The Morgan fingerprint density at radius 2 is 1.85 bits per heavy atom. The van der Waals surface area contributed by atoms with Gasteiger partial charge in [-0.25, -0.2) is 0 Å². The third-order valence-electron chi connectivity index (χ3n) is 3.00. The normalized spacial score (nSPS) is 14.9. The van der Waals surface area contributed by atoms with Crippen LogP contribution >= 0.6 is 0 Å². The summed E-state index contributed by atoms with van der Waals surface area (Å²) < 4.78 is 45.0. The lowest BCUT2D eigenvalue weighted by Crippen LogP contribution is -2.33. The third-order valence-corrected chi connectivity index (χ3v) is 3.00. The second-order valence-electron chi connectivity index (χ2n) is 4.52. The number of ether oxygens (including phenoxy) is 2. The number of nitrogens with one attached hydrogen (secondary N) is 1. The highest BCUT2D eigenvalue weighted by Gasteiger charge is 2.31. The van der Waals surface area contributed by atoms with Crippen molar-refractivity contribution in [2.75, 3.05) is 13.7 Å². The summed E-state index contributed by atoms with van der Waals surface area (Å²) in [5.74, 6) is 5.44. The van der Waals surface area contributed by atoms with Gasteiger partial charge in [0.25, 0.3) is 0 Å². The fraction of sp³-hybridized carbons (Fsp3) is 0.538. The molecule has 0 bridgehead atoms. The molecule has 20 heavy (non-hydrogen) atoms. The molecular weight excluding hydrogens is 273 g/mol. The molecule has 0 amide bonds. The topological polar surface area (TPSA) is 56.5 Å². The molecule has 2 atom stereocenters. The first-order valence-corrected chi connectivity index (χ1v) is 6.18. The van der Waals surface area contributed by atoms with Crippen LogP contribution in [0.2, 0.25) is 0 Å². The van der Waals surface area contributed by atoms with Crippen LogP contribution in [0.25, 0.3) is 0 Å². The van der Waals surface area contributed by atoms with E-state index in [1.807, 2.05) is 6.92 Å². The molecule has 0 radical (unpaired) electrons. The Bertz CT molecular complexity index is 396. The quantitative estimate of drug-likeness (QED) is 0.599. The summed E-state index contributed by atoms with van der Waals surface area (Å²) in [6.45, 7) is 2.58. The maximum absolute atomic E-state index is 12.1. The Morgan fingerprint density at radius 1 is 1.25 bits per heavy atom. The predicted molar refractivity (Wildman–Crippen MR) is 68.8 cm³/mol. The number of halogens is 3. The number of rotatable bonds is 7. The van der Waals surface area contributed by atoms with E-state index in [2.05, 4.69) is 10.2 Å². The molecule has 7 heteroatoms. The largest absolute Gasteiger partial charge is 0.573 e. The highest BCUT2D eigenvalue weighted by atomic mass is 19.4. The Morgan fingerprint density at radius 3 is 2.30 bits per heavy atom. The maximum atomic E-state index is 12.1. The number of benzene rings is 1. The van der Waals surface area contributed by atoms with Gasteiger partial charge in [-0.05, 0) is 30.0 Å². The van der Waals surface area contributed by atoms with Gasteiger partial charge in [0.2, 0.25) is 0 Å². The average Bonchev–Trinajstić information content (AvgIpc) is 2.37. The zero-order chi connectivity index (χ0) is 15.2. The van der Waals surface area contributed by atoms with Gasteiger partial charge in [0.1, 0.15) is 5.75 Å². The summed E-state index contributed by atoms with van der Waals surface area (Å²) >= 11 is 0. The van der Waals surface area contributed by atoms with E-state index in [0.29, 0.717) is 6.61 Å². The molecule has 4 nitrogen and oxygen atoms in total. The molecular formula is C13H19F3N2O2. The first kappa shape index (κ1) is 16.7. The summed E-state index contributed by atoms with van der Waals surface area (Å²) in [7, 11) is 1.61. The first-order valence-electron chi connectivity index (χ1n) is 6.18. The maximum Gasteiger partial charge on any atom is 0.573 e. The van der Waals surface area contributed by atoms with Gasteiger partial charge in [-0.1, -0.05) is 19.1 Å². The van der Waals surface area contributed by atoms with Gasteiger partial charge in [-0.2, -0.15) is 0 Å². The lowest BCUT2D eigenvalue weighted by Gasteiger charge is -2.23. The van der Waals surface area contributed by atoms with Crippen LogP contribution in [0.15, 0.2) is 24.3 Å². The average molecular weight is 292 g/mol. The van der Waals surface area contributed by atoms with E-state index in [4.69, 9.17) is 10.6 Å². The number of hydrogen-bond donors (Lipinski definition) is 2. The summed E-state index contributed by atoms with van der Waals surface area (Å²) in [6.07, 6.45) is -3.90. The molecule has 0 aliphatic heterocycles. The van der Waals surface area contributed by atoms with E-state index in [-0.39, 0.29) is 17.7 Å². The summed E-state index contributed by atoms with van der Waals surface area (Å²) in [5.41, 5.74) is 3.47. The minimum atomic E-state index is -4.68. The second kappa shape index (κ2) is 7.47. The smallest absolute Gasteiger partial charge is 0.406 e. The van der Waals surface area contributed by atoms with Crippen molar-refractivity contribution in [1.82, 2.24) is 5.43 Å². The Kier molecular flexibility index (Phi) is 6.25. The van der Waals surface area contributed by atoms with Crippen LogP contribution in [0.3, 0.4) is 0 Å².